The molecule has 3 N–H and O–H groups in total. The molecule has 0 atom stereocenters. The van der Waals surface area contributed by atoms with Gasteiger partial charge < -0.3 is 30.4 Å². The van der Waals surface area contributed by atoms with Crippen LogP contribution in [0.15, 0.2) is 12.1 Å². The summed E-state index contributed by atoms with van der Waals surface area (Å²) in [7, 11) is 6.52. The number of aromatic nitrogens is 4. The van der Waals surface area contributed by atoms with Crippen molar-refractivity contribution in [3.8, 4) is 0 Å². The molecule has 152 valence electrons. The Balaban J connectivity index is 0. The molecule has 2 rings (SSSR count). The number of nitrogen functional groups attached to an aromatic ring is 1. The molecule has 0 aliphatic heterocycles. The Morgan fingerprint density at radius 2 is 1.48 bits per heavy atom. The van der Waals surface area contributed by atoms with Gasteiger partial charge in [-0.05, 0) is 4.92 Å². The van der Waals surface area contributed by atoms with Crippen LogP contribution in [0.5, 0.6) is 0 Å². The Labute approximate surface area is 155 Å². The molecule has 0 aromatic carbocycles. The average Bonchev–Trinajstić information content (AvgIpc) is 3.18. The minimum Gasteiger partial charge on any atom is -0.464 e. The van der Waals surface area contributed by atoms with Crippen molar-refractivity contribution in [2.45, 2.75) is 7.43 Å². The zero-order chi connectivity index (χ0) is 20.4. The molecule has 0 bridgehead atoms. The number of aliphatic hydroxyl groups excluding tert-OH is 1. The fourth-order valence-corrected chi connectivity index (χ4v) is 1.52. The van der Waals surface area contributed by atoms with Crippen molar-refractivity contribution >= 4 is 23.6 Å². The van der Waals surface area contributed by atoms with Crippen LogP contribution in [0.3, 0.4) is 0 Å². The van der Waals surface area contributed by atoms with E-state index in [1.54, 1.807) is 7.05 Å². The predicted octanol–water partition coefficient (Wildman–Crippen LogP) is 0.148. The lowest BCUT2D eigenvalue weighted by Gasteiger charge is -1.90. The Morgan fingerprint density at radius 3 is 1.78 bits per heavy atom. The molecule has 0 aliphatic rings. The second-order valence-electron chi connectivity index (χ2n) is 4.33. The molecule has 27 heavy (non-hydrogen) atoms. The van der Waals surface area contributed by atoms with Gasteiger partial charge in [0, 0.05) is 20.2 Å². The topological polar surface area (TPSA) is 178 Å². The minimum absolute atomic E-state index is 0. The Hall–Kier alpha value is -3.48. The second-order valence-corrected chi connectivity index (χ2v) is 4.33. The number of methoxy groups -OCH3 is 2. The van der Waals surface area contributed by atoms with E-state index in [1.165, 1.54) is 32.0 Å². The average molecular weight is 388 g/mol. The fraction of sp³-hybridized carbons (Fsp3) is 0.429. The number of esters is 2. The number of aliphatic hydroxyl groups is 1. The smallest absolute Gasteiger partial charge is 0.360 e. The molecular formula is C14H24N6O7. The van der Waals surface area contributed by atoms with E-state index in [0.717, 1.165) is 17.9 Å². The quantitative estimate of drug-likeness (QED) is 0.417. The molecule has 2 heterocycles. The number of carbonyl (C=O) groups excluding carboxylic acids is 2. The number of nitrogens with two attached hydrogens (primary N) is 1. The first-order chi connectivity index (χ1) is 12.2. The Morgan fingerprint density at radius 1 is 1.07 bits per heavy atom. The normalized spacial score (nSPS) is 8.81. The Kier molecular flexibility index (Phi) is 11.4. The van der Waals surface area contributed by atoms with Crippen LogP contribution >= 0.6 is 0 Å². The monoisotopic (exact) mass is 388 g/mol. The van der Waals surface area contributed by atoms with Crippen LogP contribution in [0.25, 0.3) is 0 Å². The maximum absolute atomic E-state index is 10.9. The van der Waals surface area contributed by atoms with Crippen LogP contribution in [0.2, 0.25) is 0 Å². The Bertz CT molecular complexity index is 749. The molecule has 0 radical (unpaired) electrons. The third-order valence-electron chi connectivity index (χ3n) is 2.75. The van der Waals surface area contributed by atoms with E-state index in [1.807, 2.05) is 0 Å². The highest BCUT2D eigenvalue weighted by atomic mass is 16.6. The van der Waals surface area contributed by atoms with Crippen molar-refractivity contribution in [3.63, 3.8) is 0 Å². The highest BCUT2D eigenvalue weighted by Crippen LogP contribution is 2.11. The summed E-state index contributed by atoms with van der Waals surface area (Å²) in [6.07, 6.45) is 0. The minimum atomic E-state index is -0.691. The number of nitro groups is 1. The number of rotatable bonds is 3. The summed E-state index contributed by atoms with van der Waals surface area (Å²) in [6.45, 7) is 0. The SMILES string of the molecule is C.CO.COC(=O)c1cc(N)n(C)n1.COC(=O)c1cc([N+](=O)[O-])n(C)n1. The number of carbonyl (C=O) groups is 2. The molecule has 0 unspecified atom stereocenters. The first kappa shape index (κ1) is 25.8. The predicted molar refractivity (Wildman–Crippen MR) is 95.0 cm³/mol. The van der Waals surface area contributed by atoms with E-state index in [9.17, 15) is 19.7 Å². The molecule has 0 spiro atoms. The van der Waals surface area contributed by atoms with Gasteiger partial charge in [-0.15, -0.1) is 4.68 Å². The maximum atomic E-state index is 10.9. The van der Waals surface area contributed by atoms with Crippen LogP contribution in [-0.4, -0.2) is 62.9 Å². The number of nitrogens with zero attached hydrogens (tertiary/aromatic N) is 5. The van der Waals surface area contributed by atoms with Gasteiger partial charge in [0.2, 0.25) is 0 Å². The van der Waals surface area contributed by atoms with Crippen molar-refractivity contribution in [3.05, 3.63) is 33.6 Å². The van der Waals surface area contributed by atoms with E-state index < -0.39 is 16.9 Å². The highest BCUT2D eigenvalue weighted by Gasteiger charge is 2.20. The molecule has 2 aromatic rings. The van der Waals surface area contributed by atoms with Gasteiger partial charge in [-0.3, -0.25) is 4.68 Å². The van der Waals surface area contributed by atoms with Gasteiger partial charge in [0.1, 0.15) is 12.9 Å². The number of ether oxygens (including phenoxy) is 2. The molecule has 0 fully saturated rings. The van der Waals surface area contributed by atoms with Crippen molar-refractivity contribution in [1.29, 1.82) is 0 Å². The van der Waals surface area contributed by atoms with Crippen LogP contribution in [0, 0.1) is 10.1 Å². The van der Waals surface area contributed by atoms with E-state index in [2.05, 4.69) is 19.7 Å². The largest absolute Gasteiger partial charge is 0.464 e. The molecule has 0 aliphatic carbocycles. The van der Waals surface area contributed by atoms with E-state index in [4.69, 9.17) is 10.8 Å². The zero-order valence-corrected chi connectivity index (χ0v) is 14.9. The third-order valence-corrected chi connectivity index (χ3v) is 2.75. The molecule has 2 aromatic heterocycles. The number of aryl methyl sites for hydroxylation is 2. The lowest BCUT2D eigenvalue weighted by Crippen LogP contribution is -2.03. The van der Waals surface area contributed by atoms with Crippen molar-refractivity contribution in [2.24, 2.45) is 14.1 Å². The first-order valence-corrected chi connectivity index (χ1v) is 6.80. The molecule has 0 saturated heterocycles. The van der Waals surface area contributed by atoms with Gasteiger partial charge in [-0.1, -0.05) is 12.5 Å². The number of anilines is 1. The van der Waals surface area contributed by atoms with Gasteiger partial charge in [-0.2, -0.15) is 5.10 Å². The van der Waals surface area contributed by atoms with Gasteiger partial charge in [0.05, 0.1) is 20.3 Å². The maximum Gasteiger partial charge on any atom is 0.360 e. The van der Waals surface area contributed by atoms with Crippen molar-refractivity contribution in [1.82, 2.24) is 19.6 Å². The van der Waals surface area contributed by atoms with Crippen molar-refractivity contribution < 1.29 is 29.1 Å². The van der Waals surface area contributed by atoms with Crippen molar-refractivity contribution in [2.75, 3.05) is 27.1 Å². The molecule has 13 heteroatoms. The van der Waals surface area contributed by atoms with E-state index in [0.29, 0.717) is 5.82 Å². The number of hydrogen-bond donors (Lipinski definition) is 2. The summed E-state index contributed by atoms with van der Waals surface area (Å²) < 4.78 is 11.2. The van der Waals surface area contributed by atoms with Gasteiger partial charge >= 0.3 is 17.8 Å². The lowest BCUT2D eigenvalue weighted by molar-refractivity contribution is -0.392. The summed E-state index contributed by atoms with van der Waals surface area (Å²) in [5.74, 6) is -0.980. The fourth-order valence-electron chi connectivity index (χ4n) is 1.52. The van der Waals surface area contributed by atoms with Crippen LogP contribution in [0.4, 0.5) is 11.6 Å². The number of hydrogen-bond acceptors (Lipinski definition) is 10. The van der Waals surface area contributed by atoms with Gasteiger partial charge in [0.15, 0.2) is 11.4 Å². The van der Waals surface area contributed by atoms with E-state index in [-0.39, 0.29) is 24.6 Å². The molecule has 0 amide bonds. The highest BCUT2D eigenvalue weighted by molar-refractivity contribution is 5.88. The summed E-state index contributed by atoms with van der Waals surface area (Å²) in [5, 5.41) is 24.7. The molecule has 0 saturated carbocycles. The molecule has 13 nitrogen and oxygen atoms in total. The van der Waals surface area contributed by atoms with Gasteiger partial charge in [-0.25, -0.2) is 9.59 Å². The summed E-state index contributed by atoms with van der Waals surface area (Å²) >= 11 is 0. The van der Waals surface area contributed by atoms with E-state index >= 15 is 0 Å². The summed E-state index contributed by atoms with van der Waals surface area (Å²) in [4.78, 5) is 31.4. The van der Waals surface area contributed by atoms with Crippen LogP contribution in [0.1, 0.15) is 28.4 Å². The summed E-state index contributed by atoms with van der Waals surface area (Å²) in [5.41, 5.74) is 5.58. The lowest BCUT2D eigenvalue weighted by atomic mass is 10.4. The second kappa shape index (κ2) is 12.0. The zero-order valence-electron chi connectivity index (χ0n) is 14.9. The van der Waals surface area contributed by atoms with Crippen LogP contribution < -0.4 is 5.73 Å². The first-order valence-electron chi connectivity index (χ1n) is 6.80. The third kappa shape index (κ3) is 7.11. The van der Waals surface area contributed by atoms with Gasteiger partial charge in [0.25, 0.3) is 0 Å². The molecular weight excluding hydrogens is 364 g/mol. The van der Waals surface area contributed by atoms with Crippen LogP contribution in [-0.2, 0) is 23.6 Å². The summed E-state index contributed by atoms with van der Waals surface area (Å²) in [6, 6.07) is 2.53. The standard InChI is InChI=1S/C6H7N3O4.C6H9N3O2.CH4O.CH4/c1-8-5(9(11)12)3-4(7-8)6(10)13-2;1-9-5(7)3-4(8-9)6(10)11-2;1-2;/h3H,1-2H3;3H,7H2,1-2H3;2H,1H3;1H4.